The second-order valence-corrected chi connectivity index (χ2v) is 3.29. The minimum absolute atomic E-state index is 0.372. The molecule has 4 heteroatoms. The monoisotopic (exact) mass is 244 g/mol. The van der Waals surface area contributed by atoms with Gasteiger partial charge in [0.05, 0.1) is 0 Å². The third-order valence-electron chi connectivity index (χ3n) is 1.61. The average molecular weight is 243 g/mol. The Morgan fingerprint density at radius 2 is 1.62 bits per heavy atom. The first-order valence-electron chi connectivity index (χ1n) is 3.66. The summed E-state index contributed by atoms with van der Waals surface area (Å²) in [5, 5.41) is 7.41. The van der Waals surface area contributed by atoms with Gasteiger partial charge in [-0.25, -0.2) is 0 Å². The Labute approximate surface area is 85.4 Å². The van der Waals surface area contributed by atoms with E-state index in [1.807, 2.05) is 0 Å². The first kappa shape index (κ1) is 10.1. The van der Waals surface area contributed by atoms with Crippen LogP contribution in [0.15, 0.2) is 18.2 Å². The molecule has 0 aliphatic rings. The van der Waals surface area contributed by atoms with Crippen LogP contribution >= 0.6 is 0 Å². The maximum atomic E-state index is 7.41. The molecule has 0 saturated heterocycles. The minimum atomic E-state index is 0.372. The van der Waals surface area contributed by atoms with Gasteiger partial charge in [0, 0.05) is 0 Å². The number of nitrogens with one attached hydrogen (secondary N) is 1. The van der Waals surface area contributed by atoms with E-state index in [1.165, 1.54) is 0 Å². The summed E-state index contributed by atoms with van der Waals surface area (Å²) in [6, 6.07) is 5.33. The molecule has 3 nitrogen and oxygen atoms in total. The van der Waals surface area contributed by atoms with Crippen molar-refractivity contribution in [1.29, 1.82) is 5.41 Å². The molecule has 1 N–H and O–H groups in total. The van der Waals surface area contributed by atoms with Gasteiger partial charge in [-0.1, -0.05) is 0 Å². The van der Waals surface area contributed by atoms with E-state index in [9.17, 15) is 0 Å². The van der Waals surface area contributed by atoms with Gasteiger partial charge < -0.3 is 0 Å². The first-order chi connectivity index (χ1) is 6.17. The summed E-state index contributed by atoms with van der Waals surface area (Å²) in [5.41, 5.74) is 0.760. The summed E-state index contributed by atoms with van der Waals surface area (Å²) in [6.45, 7) is 0. The predicted molar refractivity (Wildman–Crippen MR) is 52.1 cm³/mol. The van der Waals surface area contributed by atoms with Crippen LogP contribution in [0.3, 0.4) is 0 Å². The summed E-state index contributed by atoms with van der Waals surface area (Å²) < 4.78 is 10.5. The van der Waals surface area contributed by atoms with E-state index in [0.717, 1.165) is 5.56 Å². The molecule has 0 bridgehead atoms. The van der Waals surface area contributed by atoms with E-state index in [-0.39, 0.29) is 0 Å². The average Bonchev–Trinajstić information content (AvgIpc) is 2.16. The molecule has 0 fully saturated rings. The van der Waals surface area contributed by atoms with Gasteiger partial charge in [-0.05, 0) is 0 Å². The molecule has 0 atom stereocenters. The number of methoxy groups -OCH3 is 2. The summed E-state index contributed by atoms with van der Waals surface area (Å²) in [6.07, 6.45) is 0. The molecule has 0 aliphatic heterocycles. The van der Waals surface area contributed by atoms with Gasteiger partial charge in [-0.15, -0.1) is 0 Å². The fourth-order valence-electron chi connectivity index (χ4n) is 0.939. The van der Waals surface area contributed by atoms with Crippen molar-refractivity contribution in [3.63, 3.8) is 0 Å². The van der Waals surface area contributed by atoms with Gasteiger partial charge in [0.1, 0.15) is 0 Å². The summed E-state index contributed by atoms with van der Waals surface area (Å²) in [7, 11) is 3.17. The van der Waals surface area contributed by atoms with Gasteiger partial charge in [-0.3, -0.25) is 0 Å². The SMILES string of the molecule is COc1cc(OC)cc(C(=N)[Se])c1. The fraction of sp³-hybridized carbons (Fsp3) is 0.222. The summed E-state index contributed by atoms with van der Waals surface area (Å²) in [4.78, 5) is 0. The Balaban J connectivity index is 3.14. The van der Waals surface area contributed by atoms with Crippen molar-refractivity contribution >= 4 is 20.6 Å². The summed E-state index contributed by atoms with van der Waals surface area (Å²) >= 11 is 2.63. The molecule has 1 rings (SSSR count). The molecule has 0 aromatic heterocycles. The number of ether oxygens (including phenoxy) is 2. The quantitative estimate of drug-likeness (QED) is 0.640. The van der Waals surface area contributed by atoms with Crippen LogP contribution in [0.1, 0.15) is 5.56 Å². The zero-order chi connectivity index (χ0) is 9.84. The molecule has 1 aromatic rings. The second kappa shape index (κ2) is 4.30. The third-order valence-corrected chi connectivity index (χ3v) is 2.11. The standard InChI is InChI=1S/C9H10NO2Se/c1-11-7-3-6(9(10)13)4-8(5-7)12-2/h3-5,10H,1-2H3. The molecule has 0 saturated carbocycles. The van der Waals surface area contributed by atoms with E-state index in [0.29, 0.717) is 16.1 Å². The summed E-state index contributed by atoms with van der Waals surface area (Å²) in [5.74, 6) is 1.38. The van der Waals surface area contributed by atoms with Crippen molar-refractivity contribution in [1.82, 2.24) is 0 Å². The van der Waals surface area contributed by atoms with Crippen LogP contribution in [0.25, 0.3) is 0 Å². The van der Waals surface area contributed by atoms with Gasteiger partial charge in [0.15, 0.2) is 0 Å². The molecular weight excluding hydrogens is 233 g/mol. The number of hydrogen-bond donors (Lipinski definition) is 1. The van der Waals surface area contributed by atoms with Crippen LogP contribution in [-0.2, 0) is 0 Å². The molecule has 0 unspecified atom stereocenters. The van der Waals surface area contributed by atoms with E-state index in [2.05, 4.69) is 16.0 Å². The van der Waals surface area contributed by atoms with Gasteiger partial charge in [0.25, 0.3) is 0 Å². The molecule has 1 radical (unpaired) electrons. The van der Waals surface area contributed by atoms with Crippen molar-refractivity contribution < 1.29 is 9.47 Å². The predicted octanol–water partition coefficient (Wildman–Crippen LogP) is 1.20. The van der Waals surface area contributed by atoms with E-state index < -0.39 is 0 Å². The number of benzene rings is 1. The first-order valence-corrected chi connectivity index (χ1v) is 4.52. The van der Waals surface area contributed by atoms with Crippen molar-refractivity contribution in [3.8, 4) is 11.5 Å². The van der Waals surface area contributed by atoms with Crippen molar-refractivity contribution in [3.05, 3.63) is 23.8 Å². The van der Waals surface area contributed by atoms with Crippen molar-refractivity contribution in [2.45, 2.75) is 0 Å². The Morgan fingerprint density at radius 1 is 1.15 bits per heavy atom. The zero-order valence-corrected chi connectivity index (χ0v) is 9.17. The second-order valence-electron chi connectivity index (χ2n) is 2.43. The number of hydrogen-bond acceptors (Lipinski definition) is 3. The van der Waals surface area contributed by atoms with Crippen LogP contribution < -0.4 is 9.47 Å². The van der Waals surface area contributed by atoms with Crippen LogP contribution in [0.5, 0.6) is 11.5 Å². The normalized spacial score (nSPS) is 9.38. The van der Waals surface area contributed by atoms with Gasteiger partial charge >= 0.3 is 85.0 Å². The molecule has 0 spiro atoms. The van der Waals surface area contributed by atoms with Gasteiger partial charge in [-0.2, -0.15) is 0 Å². The molecular formula is C9H10NO2Se. The maximum absolute atomic E-state index is 7.41. The molecule has 0 heterocycles. The van der Waals surface area contributed by atoms with E-state index in [4.69, 9.17) is 14.9 Å². The molecule has 0 amide bonds. The van der Waals surface area contributed by atoms with Crippen LogP contribution in [0.2, 0.25) is 0 Å². The molecule has 0 aliphatic carbocycles. The van der Waals surface area contributed by atoms with Gasteiger partial charge in [0.2, 0.25) is 0 Å². The Bertz CT molecular complexity index is 303. The van der Waals surface area contributed by atoms with E-state index in [1.54, 1.807) is 32.4 Å². The van der Waals surface area contributed by atoms with Crippen molar-refractivity contribution in [2.75, 3.05) is 14.2 Å². The molecule has 13 heavy (non-hydrogen) atoms. The van der Waals surface area contributed by atoms with E-state index >= 15 is 0 Å². The topological polar surface area (TPSA) is 42.3 Å². The fourth-order valence-corrected chi connectivity index (χ4v) is 1.19. The Kier molecular flexibility index (Phi) is 3.34. The Morgan fingerprint density at radius 3 is 1.92 bits per heavy atom. The zero-order valence-electron chi connectivity index (χ0n) is 7.46. The van der Waals surface area contributed by atoms with Crippen LogP contribution in [0, 0.1) is 5.41 Å². The Hall–Kier alpha value is -0.991. The molecule has 1 aromatic carbocycles. The third kappa shape index (κ3) is 2.47. The van der Waals surface area contributed by atoms with Crippen LogP contribution in [0.4, 0.5) is 0 Å². The van der Waals surface area contributed by atoms with Crippen LogP contribution in [-0.4, -0.2) is 34.8 Å². The molecule has 69 valence electrons. The number of rotatable bonds is 3. The van der Waals surface area contributed by atoms with Crippen molar-refractivity contribution in [2.24, 2.45) is 0 Å².